The Morgan fingerprint density at radius 2 is 0.726 bits per heavy atom. The summed E-state index contributed by atoms with van der Waals surface area (Å²) in [5, 5.41) is 9.67. The fraction of sp³-hybridized carbons (Fsp3) is 0.943. The number of carbonyl (C=O) groups excluding carboxylic acids is 2. The molecule has 0 spiro atoms. The number of carboxylic acids is 1. The minimum atomic E-state index is -1.50. The molecule has 1 N–H and O–H groups in total. The molecule has 0 aromatic rings. The molecule has 368 valence electrons. The normalized spacial score (nSPS) is 12.7. The van der Waals surface area contributed by atoms with Crippen molar-refractivity contribution >= 4 is 17.9 Å². The Labute approximate surface area is 383 Å². The molecule has 0 heterocycles. The van der Waals surface area contributed by atoms with E-state index in [0.29, 0.717) is 17.4 Å². The van der Waals surface area contributed by atoms with Crippen molar-refractivity contribution in [3.05, 3.63) is 0 Å². The number of esters is 2. The molecule has 2 unspecified atom stereocenters. The summed E-state index contributed by atoms with van der Waals surface area (Å²) in [6.07, 6.45) is 46.0. The Morgan fingerprint density at radius 1 is 0.419 bits per heavy atom. The summed E-state index contributed by atoms with van der Waals surface area (Å²) >= 11 is 0. The highest BCUT2D eigenvalue weighted by atomic mass is 16.7. The molecule has 0 amide bonds. The van der Waals surface area contributed by atoms with Gasteiger partial charge >= 0.3 is 17.9 Å². The number of likely N-dealkylation sites (N-methyl/N-ethyl adjacent to an activating group) is 1. The number of quaternary nitrogens is 1. The predicted molar refractivity (Wildman–Crippen MR) is 258 cm³/mol. The Hall–Kier alpha value is -1.71. The first-order chi connectivity index (χ1) is 30.1. The summed E-state index contributed by atoms with van der Waals surface area (Å²) < 4.78 is 22.8. The van der Waals surface area contributed by atoms with Crippen molar-refractivity contribution in [3.8, 4) is 0 Å². The monoisotopic (exact) mass is 883 g/mol. The van der Waals surface area contributed by atoms with E-state index in [2.05, 4.69) is 13.8 Å². The molecule has 0 fully saturated rings. The highest BCUT2D eigenvalue weighted by Crippen LogP contribution is 2.17. The summed E-state index contributed by atoms with van der Waals surface area (Å²) in [4.78, 5) is 37.3. The van der Waals surface area contributed by atoms with Crippen LogP contribution in [-0.2, 0) is 33.3 Å². The third kappa shape index (κ3) is 46.3. The molecule has 0 rings (SSSR count). The fourth-order valence-corrected chi connectivity index (χ4v) is 7.96. The van der Waals surface area contributed by atoms with Crippen LogP contribution in [0, 0.1) is 0 Å². The lowest BCUT2D eigenvalue weighted by atomic mass is 10.0. The van der Waals surface area contributed by atoms with Gasteiger partial charge in [0.2, 0.25) is 0 Å². The van der Waals surface area contributed by atoms with Gasteiger partial charge < -0.3 is 28.5 Å². The van der Waals surface area contributed by atoms with Gasteiger partial charge in [-0.05, 0) is 12.8 Å². The summed E-state index contributed by atoms with van der Waals surface area (Å²) in [6, 6.07) is 0. The second kappa shape index (κ2) is 45.8. The van der Waals surface area contributed by atoms with Crippen molar-refractivity contribution in [2.45, 2.75) is 277 Å². The summed E-state index contributed by atoms with van der Waals surface area (Å²) in [5.74, 6) is -1.98. The highest BCUT2D eigenvalue weighted by Gasteiger charge is 2.25. The van der Waals surface area contributed by atoms with Gasteiger partial charge in [0, 0.05) is 12.8 Å². The van der Waals surface area contributed by atoms with Crippen LogP contribution in [0.2, 0.25) is 0 Å². The topological polar surface area (TPSA) is 108 Å². The van der Waals surface area contributed by atoms with E-state index in [9.17, 15) is 19.5 Å². The molecule has 9 nitrogen and oxygen atoms in total. The van der Waals surface area contributed by atoms with Crippen molar-refractivity contribution in [2.75, 3.05) is 47.5 Å². The molecule has 9 heteroatoms. The van der Waals surface area contributed by atoms with Crippen LogP contribution in [0.3, 0.4) is 0 Å². The molecule has 0 saturated carbocycles. The van der Waals surface area contributed by atoms with Crippen LogP contribution in [0.1, 0.15) is 264 Å². The second-order valence-corrected chi connectivity index (χ2v) is 19.6. The van der Waals surface area contributed by atoms with Crippen LogP contribution in [-0.4, -0.2) is 87.4 Å². The first kappa shape index (κ1) is 60.3. The molecule has 0 bridgehead atoms. The van der Waals surface area contributed by atoms with Crippen molar-refractivity contribution in [2.24, 2.45) is 0 Å². The van der Waals surface area contributed by atoms with Gasteiger partial charge in [-0.15, -0.1) is 0 Å². The second-order valence-electron chi connectivity index (χ2n) is 19.6. The van der Waals surface area contributed by atoms with E-state index in [-0.39, 0.29) is 38.2 Å². The molecule has 0 radical (unpaired) electrons. The quantitative estimate of drug-likeness (QED) is 0.0278. The van der Waals surface area contributed by atoms with Crippen LogP contribution in [0.4, 0.5) is 0 Å². The molecule has 0 aliphatic carbocycles. The van der Waals surface area contributed by atoms with Crippen molar-refractivity contribution in [1.29, 1.82) is 0 Å². The van der Waals surface area contributed by atoms with Crippen molar-refractivity contribution < 1.29 is 42.9 Å². The largest absolute Gasteiger partial charge is 0.477 e. The average molecular weight is 883 g/mol. The summed E-state index contributed by atoms with van der Waals surface area (Å²) in [7, 11) is 5.97. The number of unbranched alkanes of at least 4 members (excludes halogenated alkanes) is 35. The van der Waals surface area contributed by atoms with Crippen LogP contribution >= 0.6 is 0 Å². The fourth-order valence-electron chi connectivity index (χ4n) is 7.96. The SMILES string of the molecule is CCCCCCCCCCCCCCCCCCCCCCCCCC(=O)OC(COC(=O)CCCCCCCCCCCCCCCC)COC(OCC[N+](C)(C)C)C(=O)O. The van der Waals surface area contributed by atoms with Crippen LogP contribution in [0.25, 0.3) is 0 Å². The lowest BCUT2D eigenvalue weighted by Gasteiger charge is -2.25. The molecule has 0 aromatic carbocycles. The minimum absolute atomic E-state index is 0.173. The van der Waals surface area contributed by atoms with E-state index in [4.69, 9.17) is 18.9 Å². The van der Waals surface area contributed by atoms with Gasteiger partial charge in [-0.1, -0.05) is 239 Å². The smallest absolute Gasteiger partial charge is 0.361 e. The van der Waals surface area contributed by atoms with Crippen LogP contribution in [0.15, 0.2) is 0 Å². The van der Waals surface area contributed by atoms with Gasteiger partial charge in [0.15, 0.2) is 6.10 Å². The van der Waals surface area contributed by atoms with Gasteiger partial charge in [0.1, 0.15) is 13.2 Å². The molecular formula is C53H104NO8+. The molecule has 0 aromatic heterocycles. The molecule has 62 heavy (non-hydrogen) atoms. The molecule has 0 aliphatic rings. The van der Waals surface area contributed by atoms with Crippen LogP contribution < -0.4 is 0 Å². The number of rotatable bonds is 50. The zero-order chi connectivity index (χ0) is 45.6. The standard InChI is InChI=1S/C53H103NO8/c1-6-8-10-12-14-16-18-20-22-23-24-25-26-27-28-29-30-32-34-36-38-40-42-44-51(56)62-49(48-61-53(52(57)58)59-46-45-54(3,4)5)47-60-50(55)43-41-39-37-35-33-31-21-19-17-15-13-11-9-7-2/h49,53H,6-48H2,1-5H3/p+1. The lowest BCUT2D eigenvalue weighted by Crippen LogP contribution is -2.40. The summed E-state index contributed by atoms with van der Waals surface area (Å²) in [5.41, 5.74) is 0. The average Bonchev–Trinajstić information content (AvgIpc) is 3.23. The van der Waals surface area contributed by atoms with E-state index in [0.717, 1.165) is 38.5 Å². The number of ether oxygens (including phenoxy) is 4. The maximum Gasteiger partial charge on any atom is 0.361 e. The molecule has 2 atom stereocenters. The molecular weight excluding hydrogens is 779 g/mol. The maximum absolute atomic E-state index is 12.8. The number of carbonyl (C=O) groups is 3. The van der Waals surface area contributed by atoms with E-state index in [1.165, 1.54) is 199 Å². The van der Waals surface area contributed by atoms with Gasteiger partial charge in [-0.25, -0.2) is 4.79 Å². The number of hydrogen-bond donors (Lipinski definition) is 1. The van der Waals surface area contributed by atoms with Gasteiger partial charge in [-0.3, -0.25) is 9.59 Å². The van der Waals surface area contributed by atoms with E-state index < -0.39 is 18.4 Å². The lowest BCUT2D eigenvalue weighted by molar-refractivity contribution is -0.870. The third-order valence-electron chi connectivity index (χ3n) is 12.1. The Bertz CT molecular complexity index is 985. The number of nitrogens with zero attached hydrogens (tertiary/aromatic N) is 1. The van der Waals surface area contributed by atoms with Crippen molar-refractivity contribution in [3.63, 3.8) is 0 Å². The van der Waals surface area contributed by atoms with E-state index >= 15 is 0 Å². The number of carboxylic acid groups (broad SMARTS) is 1. The van der Waals surface area contributed by atoms with Crippen molar-refractivity contribution in [1.82, 2.24) is 0 Å². The number of aliphatic carboxylic acids is 1. The third-order valence-corrected chi connectivity index (χ3v) is 12.1. The molecule has 0 saturated heterocycles. The van der Waals surface area contributed by atoms with Crippen LogP contribution in [0.5, 0.6) is 0 Å². The zero-order valence-electron chi connectivity index (χ0n) is 41.8. The highest BCUT2D eigenvalue weighted by molar-refractivity contribution is 5.71. The predicted octanol–water partition coefficient (Wildman–Crippen LogP) is 14.8. The van der Waals surface area contributed by atoms with Gasteiger partial charge in [0.25, 0.3) is 6.29 Å². The van der Waals surface area contributed by atoms with E-state index in [1.54, 1.807) is 0 Å². The minimum Gasteiger partial charge on any atom is -0.477 e. The van der Waals surface area contributed by atoms with E-state index in [1.807, 2.05) is 21.1 Å². The Morgan fingerprint density at radius 3 is 1.03 bits per heavy atom. The first-order valence-electron chi connectivity index (χ1n) is 26.7. The first-order valence-corrected chi connectivity index (χ1v) is 26.7. The zero-order valence-corrected chi connectivity index (χ0v) is 41.8. The molecule has 0 aliphatic heterocycles. The summed E-state index contributed by atoms with van der Waals surface area (Å²) in [6.45, 7) is 4.93. The van der Waals surface area contributed by atoms with Gasteiger partial charge in [-0.2, -0.15) is 0 Å². The maximum atomic E-state index is 12.8. The Balaban J connectivity index is 4.22. The Kier molecular flexibility index (Phi) is 44.6. The van der Waals surface area contributed by atoms with Gasteiger partial charge in [0.05, 0.1) is 34.4 Å². The number of hydrogen-bond acceptors (Lipinski definition) is 7.